The minimum atomic E-state index is 0.464. The molecule has 0 aliphatic carbocycles. The van der Waals surface area contributed by atoms with Crippen LogP contribution < -0.4 is 5.32 Å². The van der Waals surface area contributed by atoms with E-state index < -0.39 is 0 Å². The number of rotatable bonds is 4. The number of nitrogens with zero attached hydrogens (tertiary/aromatic N) is 2. The van der Waals surface area contributed by atoms with Crippen LogP contribution in [0.3, 0.4) is 0 Å². The number of hydrogen-bond acceptors (Lipinski definition) is 2. The smallest absolute Gasteiger partial charge is 0.0953 e. The lowest BCUT2D eigenvalue weighted by Gasteiger charge is -2.09. The summed E-state index contributed by atoms with van der Waals surface area (Å²) in [5.41, 5.74) is 2.49. The summed E-state index contributed by atoms with van der Waals surface area (Å²) in [5.74, 6) is 0. The highest BCUT2D eigenvalue weighted by atomic mass is 15.1. The molecule has 0 aliphatic rings. The van der Waals surface area contributed by atoms with Gasteiger partial charge in [0, 0.05) is 12.6 Å². The van der Waals surface area contributed by atoms with Crippen molar-refractivity contribution in [2.45, 2.75) is 26.8 Å². The Morgan fingerprint density at radius 3 is 2.93 bits per heavy atom. The van der Waals surface area contributed by atoms with Crippen molar-refractivity contribution in [1.29, 1.82) is 0 Å². The molecule has 0 spiro atoms. The van der Waals surface area contributed by atoms with Gasteiger partial charge in [-0.25, -0.2) is 4.98 Å². The highest BCUT2D eigenvalue weighted by molar-refractivity contribution is 5.48. The minimum absolute atomic E-state index is 0.464. The first-order chi connectivity index (χ1) is 6.65. The van der Waals surface area contributed by atoms with Gasteiger partial charge in [-0.2, -0.15) is 0 Å². The van der Waals surface area contributed by atoms with Crippen LogP contribution >= 0.6 is 0 Å². The van der Waals surface area contributed by atoms with Crippen LogP contribution in [-0.2, 0) is 0 Å². The second-order valence-electron chi connectivity index (χ2n) is 3.84. The van der Waals surface area contributed by atoms with Crippen molar-refractivity contribution in [3.8, 4) is 0 Å². The summed E-state index contributed by atoms with van der Waals surface area (Å²) in [7, 11) is 1.96. The third-order valence-electron chi connectivity index (χ3n) is 2.10. The number of imidazole rings is 1. The summed E-state index contributed by atoms with van der Waals surface area (Å²) in [6, 6.07) is 0.464. The van der Waals surface area contributed by atoms with E-state index in [1.165, 1.54) is 11.3 Å². The fraction of sp³-hybridized carbons (Fsp3) is 0.545. The number of likely N-dealkylation sites (N-methyl/N-ethyl adjacent to an activating group) is 1. The topological polar surface area (TPSA) is 29.9 Å². The van der Waals surface area contributed by atoms with Crippen LogP contribution in [0.25, 0.3) is 6.08 Å². The summed E-state index contributed by atoms with van der Waals surface area (Å²) < 4.78 is 2.17. The van der Waals surface area contributed by atoms with E-state index in [0.717, 1.165) is 6.54 Å². The van der Waals surface area contributed by atoms with Gasteiger partial charge in [0.15, 0.2) is 0 Å². The van der Waals surface area contributed by atoms with Crippen molar-refractivity contribution < 1.29 is 0 Å². The highest BCUT2D eigenvalue weighted by Crippen LogP contribution is 2.11. The first-order valence-corrected chi connectivity index (χ1v) is 4.98. The SMILES string of the molecule is CNCC(C)=Cc1cncn1C(C)C. The van der Waals surface area contributed by atoms with E-state index >= 15 is 0 Å². The van der Waals surface area contributed by atoms with Crippen molar-refractivity contribution in [2.24, 2.45) is 0 Å². The zero-order valence-corrected chi connectivity index (χ0v) is 9.41. The van der Waals surface area contributed by atoms with Gasteiger partial charge in [0.25, 0.3) is 0 Å². The number of hydrogen-bond donors (Lipinski definition) is 1. The van der Waals surface area contributed by atoms with Crippen LogP contribution in [0.15, 0.2) is 18.1 Å². The zero-order chi connectivity index (χ0) is 10.6. The predicted molar refractivity (Wildman–Crippen MR) is 60.2 cm³/mol. The Balaban J connectivity index is 2.85. The molecule has 0 bridgehead atoms. The summed E-state index contributed by atoms with van der Waals surface area (Å²) in [4.78, 5) is 4.15. The molecule has 0 aliphatic heterocycles. The molecule has 3 heteroatoms. The molecule has 1 aromatic heterocycles. The standard InChI is InChI=1S/C11H19N3/c1-9(2)14-8-13-7-11(14)5-10(3)6-12-4/h5,7-9,12H,6H2,1-4H3. The summed E-state index contributed by atoms with van der Waals surface area (Å²) in [5, 5.41) is 3.13. The average molecular weight is 193 g/mol. The Labute approximate surface area is 85.8 Å². The Morgan fingerprint density at radius 2 is 2.36 bits per heavy atom. The normalized spacial score (nSPS) is 12.5. The third-order valence-corrected chi connectivity index (χ3v) is 2.10. The molecule has 0 atom stereocenters. The van der Waals surface area contributed by atoms with Gasteiger partial charge >= 0.3 is 0 Å². The van der Waals surface area contributed by atoms with Crippen molar-refractivity contribution >= 4 is 6.08 Å². The molecule has 0 amide bonds. The Morgan fingerprint density at radius 1 is 1.64 bits per heavy atom. The summed E-state index contributed by atoms with van der Waals surface area (Å²) in [6.45, 7) is 7.36. The summed E-state index contributed by atoms with van der Waals surface area (Å²) in [6.07, 6.45) is 5.95. The quantitative estimate of drug-likeness (QED) is 0.793. The van der Waals surface area contributed by atoms with Gasteiger partial charge in [-0.05, 0) is 33.9 Å². The first kappa shape index (κ1) is 11.0. The molecular formula is C11H19N3. The zero-order valence-electron chi connectivity index (χ0n) is 9.41. The average Bonchev–Trinajstić information content (AvgIpc) is 2.52. The number of aromatic nitrogens is 2. The van der Waals surface area contributed by atoms with Crippen LogP contribution in [0.1, 0.15) is 32.5 Å². The highest BCUT2D eigenvalue weighted by Gasteiger charge is 2.02. The predicted octanol–water partition coefficient (Wildman–Crippen LogP) is 2.09. The molecular weight excluding hydrogens is 174 g/mol. The van der Waals surface area contributed by atoms with Gasteiger partial charge in [-0.15, -0.1) is 0 Å². The minimum Gasteiger partial charge on any atom is -0.329 e. The van der Waals surface area contributed by atoms with Crippen LogP contribution in [-0.4, -0.2) is 23.1 Å². The van der Waals surface area contributed by atoms with E-state index in [9.17, 15) is 0 Å². The van der Waals surface area contributed by atoms with E-state index in [-0.39, 0.29) is 0 Å². The lowest BCUT2D eigenvalue weighted by Crippen LogP contribution is -2.09. The van der Waals surface area contributed by atoms with Crippen molar-refractivity contribution in [1.82, 2.24) is 14.9 Å². The van der Waals surface area contributed by atoms with Crippen LogP contribution in [0.5, 0.6) is 0 Å². The van der Waals surface area contributed by atoms with Crippen LogP contribution in [0.2, 0.25) is 0 Å². The largest absolute Gasteiger partial charge is 0.329 e. The van der Waals surface area contributed by atoms with E-state index in [4.69, 9.17) is 0 Å². The van der Waals surface area contributed by atoms with Crippen LogP contribution in [0, 0.1) is 0 Å². The second-order valence-corrected chi connectivity index (χ2v) is 3.84. The lowest BCUT2D eigenvalue weighted by molar-refractivity contribution is 0.595. The molecule has 0 fully saturated rings. The van der Waals surface area contributed by atoms with Gasteiger partial charge in [0.2, 0.25) is 0 Å². The van der Waals surface area contributed by atoms with Crippen molar-refractivity contribution in [3.05, 3.63) is 23.8 Å². The first-order valence-electron chi connectivity index (χ1n) is 4.98. The van der Waals surface area contributed by atoms with Crippen molar-refractivity contribution in [2.75, 3.05) is 13.6 Å². The summed E-state index contributed by atoms with van der Waals surface area (Å²) >= 11 is 0. The molecule has 1 rings (SSSR count). The van der Waals surface area contributed by atoms with E-state index in [1.54, 1.807) is 0 Å². The lowest BCUT2D eigenvalue weighted by atomic mass is 10.2. The molecule has 0 saturated heterocycles. The Kier molecular flexibility index (Phi) is 3.89. The Hall–Kier alpha value is -1.09. The van der Waals surface area contributed by atoms with E-state index in [2.05, 4.69) is 41.7 Å². The monoisotopic (exact) mass is 193 g/mol. The van der Waals surface area contributed by atoms with Gasteiger partial charge in [-0.1, -0.05) is 5.57 Å². The Bertz CT molecular complexity index is 310. The fourth-order valence-corrected chi connectivity index (χ4v) is 1.44. The van der Waals surface area contributed by atoms with Crippen LogP contribution in [0.4, 0.5) is 0 Å². The number of nitrogens with one attached hydrogen (secondary N) is 1. The molecule has 1 aromatic rings. The maximum Gasteiger partial charge on any atom is 0.0953 e. The maximum absolute atomic E-state index is 4.15. The molecule has 1 heterocycles. The molecule has 14 heavy (non-hydrogen) atoms. The molecule has 0 saturated carbocycles. The molecule has 78 valence electrons. The van der Waals surface area contributed by atoms with Gasteiger partial charge in [-0.3, -0.25) is 0 Å². The molecule has 3 nitrogen and oxygen atoms in total. The van der Waals surface area contributed by atoms with Gasteiger partial charge in [0.05, 0.1) is 18.2 Å². The second kappa shape index (κ2) is 4.96. The molecule has 0 radical (unpaired) electrons. The van der Waals surface area contributed by atoms with E-state index in [0.29, 0.717) is 6.04 Å². The van der Waals surface area contributed by atoms with Crippen molar-refractivity contribution in [3.63, 3.8) is 0 Å². The molecule has 1 N–H and O–H groups in total. The molecule has 0 aromatic carbocycles. The van der Waals surface area contributed by atoms with Gasteiger partial charge < -0.3 is 9.88 Å². The van der Waals surface area contributed by atoms with E-state index in [1.807, 2.05) is 19.6 Å². The maximum atomic E-state index is 4.15. The molecule has 0 unspecified atom stereocenters. The fourth-order valence-electron chi connectivity index (χ4n) is 1.44. The third kappa shape index (κ3) is 2.70. The van der Waals surface area contributed by atoms with Gasteiger partial charge in [0.1, 0.15) is 0 Å².